The molecule has 2 aromatic rings. The lowest BCUT2D eigenvalue weighted by Gasteiger charge is -2.24. The number of aryl methyl sites for hydroxylation is 1. The van der Waals surface area contributed by atoms with Crippen LogP contribution in [0.3, 0.4) is 0 Å². The van der Waals surface area contributed by atoms with Crippen LogP contribution in [0.4, 0.5) is 11.4 Å². The molecular weight excluding hydrogens is 348 g/mol. The smallest absolute Gasteiger partial charge is 0.270 e. The van der Waals surface area contributed by atoms with Crippen molar-refractivity contribution in [2.24, 2.45) is 0 Å². The molecule has 0 N–H and O–H groups in total. The third-order valence-electron chi connectivity index (χ3n) is 3.88. The van der Waals surface area contributed by atoms with E-state index in [0.29, 0.717) is 22.7 Å². The molecule has 1 aliphatic rings. The van der Waals surface area contributed by atoms with Crippen LogP contribution in [0.5, 0.6) is 11.5 Å². The first-order chi connectivity index (χ1) is 11.8. The second-order valence-electron chi connectivity index (χ2n) is 5.41. The van der Waals surface area contributed by atoms with Crippen molar-refractivity contribution in [2.45, 2.75) is 18.7 Å². The quantitative estimate of drug-likeness (QED) is 0.597. The monoisotopic (exact) mass is 364 g/mol. The highest BCUT2D eigenvalue weighted by Crippen LogP contribution is 2.37. The average molecular weight is 364 g/mol. The maximum atomic E-state index is 13.1. The van der Waals surface area contributed by atoms with E-state index in [1.54, 1.807) is 32.0 Å². The SMILES string of the molecule is CCN(c1ccc2c(c1)OCO2)S(=O)(=O)c1cc([N+](=O)[O-])ccc1C. The number of benzene rings is 2. The number of nitro groups is 1. The number of ether oxygens (including phenoxy) is 2. The number of sulfonamides is 1. The standard InChI is InChI=1S/C16H16N2O6S/c1-3-17(12-6-7-14-15(8-12)24-10-23-14)25(21,22)16-9-13(18(19)20)5-4-11(16)2/h4-9H,3,10H2,1-2H3. The highest BCUT2D eigenvalue weighted by atomic mass is 32.2. The fraction of sp³-hybridized carbons (Fsp3) is 0.250. The molecule has 0 radical (unpaired) electrons. The summed E-state index contributed by atoms with van der Waals surface area (Å²) in [6.07, 6.45) is 0. The van der Waals surface area contributed by atoms with E-state index in [0.717, 1.165) is 6.07 Å². The third-order valence-corrected chi connectivity index (χ3v) is 5.93. The van der Waals surface area contributed by atoms with Gasteiger partial charge < -0.3 is 9.47 Å². The molecule has 0 aliphatic carbocycles. The van der Waals surface area contributed by atoms with Gasteiger partial charge in [0.15, 0.2) is 11.5 Å². The maximum Gasteiger partial charge on any atom is 0.270 e. The van der Waals surface area contributed by atoms with Gasteiger partial charge in [-0.05, 0) is 31.5 Å². The van der Waals surface area contributed by atoms with E-state index in [2.05, 4.69) is 0 Å². The van der Waals surface area contributed by atoms with Crippen molar-refractivity contribution in [1.29, 1.82) is 0 Å². The Morgan fingerprint density at radius 3 is 2.56 bits per heavy atom. The molecular formula is C16H16N2O6S. The highest BCUT2D eigenvalue weighted by molar-refractivity contribution is 7.92. The van der Waals surface area contributed by atoms with Crippen molar-refractivity contribution in [3.8, 4) is 11.5 Å². The Labute approximate surface area is 144 Å². The number of nitrogens with zero attached hydrogens (tertiary/aromatic N) is 2. The molecule has 1 aliphatic heterocycles. The highest BCUT2D eigenvalue weighted by Gasteiger charge is 2.28. The van der Waals surface area contributed by atoms with Crippen LogP contribution in [-0.4, -0.2) is 26.7 Å². The largest absolute Gasteiger partial charge is 0.454 e. The second-order valence-corrected chi connectivity index (χ2v) is 7.25. The molecule has 0 unspecified atom stereocenters. The van der Waals surface area contributed by atoms with Gasteiger partial charge in [-0.1, -0.05) is 6.07 Å². The summed E-state index contributed by atoms with van der Waals surface area (Å²) < 4.78 is 37.9. The van der Waals surface area contributed by atoms with Gasteiger partial charge in [-0.2, -0.15) is 0 Å². The molecule has 0 bridgehead atoms. The van der Waals surface area contributed by atoms with Gasteiger partial charge in [0.05, 0.1) is 15.5 Å². The van der Waals surface area contributed by atoms with Crippen molar-refractivity contribution < 1.29 is 22.8 Å². The van der Waals surface area contributed by atoms with Crippen LogP contribution in [0.25, 0.3) is 0 Å². The van der Waals surface area contributed by atoms with Gasteiger partial charge in [-0.15, -0.1) is 0 Å². The molecule has 25 heavy (non-hydrogen) atoms. The molecule has 2 aromatic carbocycles. The molecule has 0 spiro atoms. The number of nitro benzene ring substituents is 1. The predicted octanol–water partition coefficient (Wildman–Crippen LogP) is 2.85. The first-order valence-electron chi connectivity index (χ1n) is 7.52. The lowest BCUT2D eigenvalue weighted by molar-refractivity contribution is -0.385. The van der Waals surface area contributed by atoms with Crippen molar-refractivity contribution >= 4 is 21.4 Å². The Balaban J connectivity index is 2.08. The molecule has 0 amide bonds. The van der Waals surface area contributed by atoms with Gasteiger partial charge >= 0.3 is 0 Å². The van der Waals surface area contributed by atoms with E-state index in [4.69, 9.17) is 9.47 Å². The normalized spacial score (nSPS) is 12.9. The van der Waals surface area contributed by atoms with Crippen molar-refractivity contribution in [3.05, 3.63) is 52.1 Å². The fourth-order valence-electron chi connectivity index (χ4n) is 2.63. The van der Waals surface area contributed by atoms with E-state index in [9.17, 15) is 18.5 Å². The lowest BCUT2D eigenvalue weighted by Crippen LogP contribution is -2.31. The summed E-state index contributed by atoms with van der Waals surface area (Å²) in [5, 5.41) is 11.0. The van der Waals surface area contributed by atoms with E-state index >= 15 is 0 Å². The fourth-order valence-corrected chi connectivity index (χ4v) is 4.34. The minimum atomic E-state index is -3.98. The van der Waals surface area contributed by atoms with Gasteiger partial charge in [-0.3, -0.25) is 14.4 Å². The van der Waals surface area contributed by atoms with Crippen LogP contribution in [0.2, 0.25) is 0 Å². The summed E-state index contributed by atoms with van der Waals surface area (Å²) in [7, 11) is -3.98. The molecule has 0 saturated carbocycles. The average Bonchev–Trinajstić information content (AvgIpc) is 3.03. The van der Waals surface area contributed by atoms with Gasteiger partial charge in [0.1, 0.15) is 0 Å². The molecule has 0 aromatic heterocycles. The second kappa shape index (κ2) is 6.25. The molecule has 8 nitrogen and oxygen atoms in total. The summed E-state index contributed by atoms with van der Waals surface area (Å²) >= 11 is 0. The molecule has 132 valence electrons. The topological polar surface area (TPSA) is 99.0 Å². The minimum absolute atomic E-state index is 0.0850. The summed E-state index contributed by atoms with van der Waals surface area (Å²) in [5.74, 6) is 1.01. The molecule has 9 heteroatoms. The van der Waals surface area contributed by atoms with E-state index < -0.39 is 14.9 Å². The van der Waals surface area contributed by atoms with Crippen molar-refractivity contribution in [2.75, 3.05) is 17.6 Å². The van der Waals surface area contributed by atoms with Crippen LogP contribution in [0, 0.1) is 17.0 Å². The van der Waals surface area contributed by atoms with E-state index in [-0.39, 0.29) is 23.9 Å². The van der Waals surface area contributed by atoms with Crippen LogP contribution < -0.4 is 13.8 Å². The number of rotatable bonds is 5. The zero-order chi connectivity index (χ0) is 18.2. The van der Waals surface area contributed by atoms with Gasteiger partial charge in [0.25, 0.3) is 15.7 Å². The van der Waals surface area contributed by atoms with Gasteiger partial charge in [0.2, 0.25) is 6.79 Å². The lowest BCUT2D eigenvalue weighted by atomic mass is 10.2. The van der Waals surface area contributed by atoms with Crippen LogP contribution in [0.1, 0.15) is 12.5 Å². The first kappa shape index (κ1) is 17.0. The van der Waals surface area contributed by atoms with E-state index in [1.165, 1.54) is 16.4 Å². The number of hydrogen-bond acceptors (Lipinski definition) is 6. The maximum absolute atomic E-state index is 13.1. The van der Waals surface area contributed by atoms with Crippen LogP contribution >= 0.6 is 0 Å². The predicted molar refractivity (Wildman–Crippen MR) is 90.6 cm³/mol. The third kappa shape index (κ3) is 2.98. The van der Waals surface area contributed by atoms with E-state index in [1.807, 2.05) is 0 Å². The number of anilines is 1. The summed E-state index contributed by atoms with van der Waals surface area (Å²) in [5.41, 5.74) is 0.563. The molecule has 0 fully saturated rings. The zero-order valence-corrected chi connectivity index (χ0v) is 14.4. The van der Waals surface area contributed by atoms with Gasteiger partial charge in [0, 0.05) is 24.7 Å². The Kier molecular flexibility index (Phi) is 4.25. The van der Waals surface area contributed by atoms with Crippen molar-refractivity contribution in [1.82, 2.24) is 0 Å². The summed E-state index contributed by atoms with van der Waals surface area (Å²) in [6, 6.07) is 8.62. The van der Waals surface area contributed by atoms with Crippen LogP contribution in [0.15, 0.2) is 41.3 Å². The molecule has 1 heterocycles. The number of hydrogen-bond donors (Lipinski definition) is 0. The number of fused-ring (bicyclic) bond motifs is 1. The molecule has 0 atom stereocenters. The van der Waals surface area contributed by atoms with Crippen LogP contribution in [-0.2, 0) is 10.0 Å². The first-order valence-corrected chi connectivity index (χ1v) is 8.96. The Bertz CT molecular complexity index is 942. The van der Waals surface area contributed by atoms with Crippen molar-refractivity contribution in [3.63, 3.8) is 0 Å². The zero-order valence-electron chi connectivity index (χ0n) is 13.6. The molecule has 0 saturated heterocycles. The Hall–Kier alpha value is -2.81. The summed E-state index contributed by atoms with van der Waals surface area (Å²) in [4.78, 5) is 10.3. The summed E-state index contributed by atoms with van der Waals surface area (Å²) in [6.45, 7) is 3.53. The Morgan fingerprint density at radius 1 is 1.16 bits per heavy atom. The van der Waals surface area contributed by atoms with Gasteiger partial charge in [-0.25, -0.2) is 8.42 Å². The Morgan fingerprint density at radius 2 is 1.88 bits per heavy atom. The molecule has 3 rings (SSSR count). The minimum Gasteiger partial charge on any atom is -0.454 e. The number of non-ortho nitro benzene ring substituents is 1.